The highest BCUT2D eigenvalue weighted by molar-refractivity contribution is 5.89. The van der Waals surface area contributed by atoms with Crippen molar-refractivity contribution < 1.29 is 4.79 Å². The first-order valence-corrected chi connectivity index (χ1v) is 9.48. The predicted molar refractivity (Wildman–Crippen MR) is 108 cm³/mol. The van der Waals surface area contributed by atoms with E-state index >= 15 is 0 Å². The van der Waals surface area contributed by atoms with Crippen molar-refractivity contribution in [2.24, 2.45) is 5.92 Å². The Kier molecular flexibility index (Phi) is 6.29. The van der Waals surface area contributed by atoms with E-state index in [0.29, 0.717) is 0 Å². The van der Waals surface area contributed by atoms with Gasteiger partial charge >= 0.3 is 6.03 Å². The van der Waals surface area contributed by atoms with Crippen LogP contribution in [0.4, 0.5) is 10.5 Å². The lowest BCUT2D eigenvalue weighted by atomic mass is 9.99. The SMILES string of the molecule is CNC(=O)Nc1ccc(C)cc1CCN1CCC(Cc2ccccc2)C1. The summed E-state index contributed by atoms with van der Waals surface area (Å²) in [5, 5.41) is 5.56. The molecule has 0 saturated carbocycles. The fourth-order valence-electron chi connectivity index (χ4n) is 3.74. The molecule has 0 spiro atoms. The first-order valence-electron chi connectivity index (χ1n) is 9.48. The Morgan fingerprint density at radius 3 is 2.77 bits per heavy atom. The molecule has 1 atom stereocenters. The van der Waals surface area contributed by atoms with Gasteiger partial charge in [0.15, 0.2) is 0 Å². The number of benzene rings is 2. The molecule has 3 rings (SSSR count). The van der Waals surface area contributed by atoms with Crippen LogP contribution in [0.2, 0.25) is 0 Å². The molecule has 0 aliphatic carbocycles. The van der Waals surface area contributed by atoms with Crippen molar-refractivity contribution in [3.63, 3.8) is 0 Å². The third-order valence-electron chi connectivity index (χ3n) is 5.17. The molecule has 2 N–H and O–H groups in total. The quantitative estimate of drug-likeness (QED) is 0.830. The minimum Gasteiger partial charge on any atom is -0.341 e. The average molecular weight is 351 g/mol. The smallest absolute Gasteiger partial charge is 0.318 e. The number of aryl methyl sites for hydroxylation is 1. The number of hydrogen-bond donors (Lipinski definition) is 2. The van der Waals surface area contributed by atoms with E-state index in [0.717, 1.165) is 24.6 Å². The summed E-state index contributed by atoms with van der Waals surface area (Å²) in [6.45, 7) is 5.47. The first kappa shape index (κ1) is 18.5. The second-order valence-electron chi connectivity index (χ2n) is 7.26. The Balaban J connectivity index is 1.54. The van der Waals surface area contributed by atoms with Gasteiger partial charge in [0.2, 0.25) is 0 Å². The number of urea groups is 1. The zero-order valence-electron chi connectivity index (χ0n) is 15.8. The van der Waals surface area contributed by atoms with Crippen molar-refractivity contribution in [3.05, 3.63) is 65.2 Å². The number of carbonyl (C=O) groups excluding carboxylic acids is 1. The number of nitrogens with zero attached hydrogens (tertiary/aromatic N) is 1. The van der Waals surface area contributed by atoms with Gasteiger partial charge in [-0.3, -0.25) is 0 Å². The van der Waals surface area contributed by atoms with E-state index in [1.807, 2.05) is 12.1 Å². The van der Waals surface area contributed by atoms with Gasteiger partial charge in [0, 0.05) is 25.8 Å². The molecule has 138 valence electrons. The molecule has 26 heavy (non-hydrogen) atoms. The van der Waals surface area contributed by atoms with Gasteiger partial charge in [0.1, 0.15) is 0 Å². The lowest BCUT2D eigenvalue weighted by molar-refractivity contribution is 0.254. The minimum atomic E-state index is -0.167. The van der Waals surface area contributed by atoms with Gasteiger partial charge in [-0.05, 0) is 55.8 Å². The van der Waals surface area contributed by atoms with Gasteiger partial charge in [0.25, 0.3) is 0 Å². The highest BCUT2D eigenvalue weighted by Gasteiger charge is 2.22. The number of anilines is 1. The Morgan fingerprint density at radius 2 is 2.00 bits per heavy atom. The maximum Gasteiger partial charge on any atom is 0.318 e. The standard InChI is InChI=1S/C22H29N3O/c1-17-8-9-21(24-22(26)23-2)20(14-17)11-13-25-12-10-19(16-25)15-18-6-4-3-5-7-18/h3-9,14,19H,10-13,15-16H2,1-2H3,(H2,23,24,26). The molecule has 2 amide bonds. The van der Waals surface area contributed by atoms with Crippen LogP contribution >= 0.6 is 0 Å². The molecule has 4 nitrogen and oxygen atoms in total. The molecule has 1 saturated heterocycles. The van der Waals surface area contributed by atoms with Gasteiger partial charge < -0.3 is 15.5 Å². The Bertz CT molecular complexity index is 729. The van der Waals surface area contributed by atoms with E-state index in [-0.39, 0.29) is 6.03 Å². The van der Waals surface area contributed by atoms with Crippen LogP contribution < -0.4 is 10.6 Å². The molecular weight excluding hydrogens is 322 g/mol. The average Bonchev–Trinajstić information content (AvgIpc) is 3.10. The van der Waals surface area contributed by atoms with Crippen molar-refractivity contribution >= 4 is 11.7 Å². The van der Waals surface area contributed by atoms with Crippen LogP contribution in [0.5, 0.6) is 0 Å². The van der Waals surface area contributed by atoms with Crippen LogP contribution in [-0.2, 0) is 12.8 Å². The summed E-state index contributed by atoms with van der Waals surface area (Å²) in [7, 11) is 1.64. The van der Waals surface area contributed by atoms with Gasteiger partial charge in [-0.15, -0.1) is 0 Å². The summed E-state index contributed by atoms with van der Waals surface area (Å²) in [6, 6.07) is 16.8. The molecule has 1 aliphatic heterocycles. The van der Waals surface area contributed by atoms with Crippen molar-refractivity contribution in [1.82, 2.24) is 10.2 Å². The molecule has 1 aliphatic rings. The number of amides is 2. The molecule has 2 aromatic carbocycles. The van der Waals surface area contributed by atoms with Crippen LogP contribution in [0.15, 0.2) is 48.5 Å². The summed E-state index contributed by atoms with van der Waals surface area (Å²) in [4.78, 5) is 14.2. The molecule has 0 aromatic heterocycles. The number of hydrogen-bond acceptors (Lipinski definition) is 2. The first-order chi connectivity index (χ1) is 12.6. The second kappa shape index (κ2) is 8.86. The van der Waals surface area contributed by atoms with E-state index in [9.17, 15) is 4.79 Å². The van der Waals surface area contributed by atoms with Gasteiger partial charge in [-0.25, -0.2) is 4.79 Å². The largest absolute Gasteiger partial charge is 0.341 e. The van der Waals surface area contributed by atoms with Crippen molar-refractivity contribution in [2.45, 2.75) is 26.2 Å². The van der Waals surface area contributed by atoms with E-state index in [2.05, 4.69) is 58.9 Å². The highest BCUT2D eigenvalue weighted by Crippen LogP contribution is 2.23. The normalized spacial score (nSPS) is 17.2. The van der Waals surface area contributed by atoms with Crippen LogP contribution in [0.1, 0.15) is 23.1 Å². The van der Waals surface area contributed by atoms with Crippen molar-refractivity contribution in [2.75, 3.05) is 32.0 Å². The van der Waals surface area contributed by atoms with Crippen LogP contribution in [0.25, 0.3) is 0 Å². The monoisotopic (exact) mass is 351 g/mol. The molecule has 0 bridgehead atoms. The number of likely N-dealkylation sites (tertiary alicyclic amines) is 1. The topological polar surface area (TPSA) is 44.4 Å². The molecule has 0 radical (unpaired) electrons. The number of nitrogens with one attached hydrogen (secondary N) is 2. The number of carbonyl (C=O) groups is 1. The molecule has 1 unspecified atom stereocenters. The summed E-state index contributed by atoms with van der Waals surface area (Å²) in [5.41, 5.74) is 4.79. The van der Waals surface area contributed by atoms with E-state index < -0.39 is 0 Å². The lowest BCUT2D eigenvalue weighted by Gasteiger charge is -2.18. The molecule has 2 aromatic rings. The van der Waals surface area contributed by atoms with Crippen LogP contribution in [0, 0.1) is 12.8 Å². The van der Waals surface area contributed by atoms with E-state index in [1.165, 1.54) is 42.6 Å². The van der Waals surface area contributed by atoms with Gasteiger partial charge in [-0.2, -0.15) is 0 Å². The predicted octanol–water partition coefficient (Wildman–Crippen LogP) is 3.85. The molecular formula is C22H29N3O. The van der Waals surface area contributed by atoms with Gasteiger partial charge in [0.05, 0.1) is 0 Å². The summed E-state index contributed by atoms with van der Waals surface area (Å²) < 4.78 is 0. The van der Waals surface area contributed by atoms with Crippen molar-refractivity contribution in [1.29, 1.82) is 0 Å². The fraction of sp³-hybridized carbons (Fsp3) is 0.409. The zero-order valence-corrected chi connectivity index (χ0v) is 15.8. The summed E-state index contributed by atoms with van der Waals surface area (Å²) in [5.74, 6) is 0.748. The van der Waals surface area contributed by atoms with Crippen molar-refractivity contribution in [3.8, 4) is 0 Å². The van der Waals surface area contributed by atoms with Gasteiger partial charge in [-0.1, -0.05) is 48.0 Å². The van der Waals surface area contributed by atoms with Crippen LogP contribution in [0.3, 0.4) is 0 Å². The third kappa shape index (κ3) is 5.09. The molecule has 1 heterocycles. The Morgan fingerprint density at radius 1 is 1.19 bits per heavy atom. The Hall–Kier alpha value is -2.33. The maximum atomic E-state index is 11.7. The number of rotatable bonds is 6. The summed E-state index contributed by atoms with van der Waals surface area (Å²) >= 11 is 0. The highest BCUT2D eigenvalue weighted by atomic mass is 16.2. The van der Waals surface area contributed by atoms with E-state index in [1.54, 1.807) is 7.05 Å². The Labute approximate surface area is 156 Å². The molecule has 4 heteroatoms. The second-order valence-corrected chi connectivity index (χ2v) is 7.26. The van der Waals surface area contributed by atoms with Crippen LogP contribution in [-0.4, -0.2) is 37.6 Å². The third-order valence-corrected chi connectivity index (χ3v) is 5.17. The lowest BCUT2D eigenvalue weighted by Crippen LogP contribution is -2.26. The zero-order chi connectivity index (χ0) is 18.4. The van der Waals surface area contributed by atoms with E-state index in [4.69, 9.17) is 0 Å². The minimum absolute atomic E-state index is 0.167. The molecule has 1 fully saturated rings. The summed E-state index contributed by atoms with van der Waals surface area (Å²) in [6.07, 6.45) is 3.40. The fourth-order valence-corrected chi connectivity index (χ4v) is 3.74. The maximum absolute atomic E-state index is 11.7.